The van der Waals surface area contributed by atoms with Crippen LogP contribution in [0, 0.1) is 5.92 Å². The van der Waals surface area contributed by atoms with Crippen LogP contribution in [0.2, 0.25) is 0 Å². The highest BCUT2D eigenvalue weighted by atomic mass is 19.4. The van der Waals surface area contributed by atoms with Gasteiger partial charge in [-0.15, -0.1) is 0 Å². The van der Waals surface area contributed by atoms with Gasteiger partial charge in [-0.2, -0.15) is 13.2 Å². The molecule has 4 aliphatic rings. The smallest absolute Gasteiger partial charge is 0.416 e. The molecule has 3 aliphatic heterocycles. The van der Waals surface area contributed by atoms with Crippen molar-refractivity contribution in [3.63, 3.8) is 0 Å². The highest BCUT2D eigenvalue weighted by Crippen LogP contribution is 2.47. The molecule has 2 aromatic rings. The fourth-order valence-electron chi connectivity index (χ4n) is 9.37. The number of amides is 1. The van der Waals surface area contributed by atoms with Crippen molar-refractivity contribution in [3.05, 3.63) is 59.2 Å². The van der Waals surface area contributed by atoms with E-state index in [1.165, 1.54) is 6.07 Å². The average Bonchev–Trinajstić information content (AvgIpc) is 3.77. The molecule has 13 heteroatoms. The predicted octanol–water partition coefficient (Wildman–Crippen LogP) is 6.18. The molecule has 6 rings (SSSR count). The quantitative estimate of drug-likeness (QED) is 0.273. The van der Waals surface area contributed by atoms with E-state index in [2.05, 4.69) is 4.90 Å². The molecule has 4 atom stereocenters. The Kier molecular flexibility index (Phi) is 12.3. The Bertz CT molecular complexity index is 1560. The van der Waals surface area contributed by atoms with Crippen LogP contribution in [0.5, 0.6) is 5.75 Å². The molecule has 3 heterocycles. The lowest BCUT2D eigenvalue weighted by Crippen LogP contribution is -2.57. The van der Waals surface area contributed by atoms with Gasteiger partial charge in [0.05, 0.1) is 37.3 Å². The third-order valence-corrected chi connectivity index (χ3v) is 12.2. The van der Waals surface area contributed by atoms with Gasteiger partial charge in [-0.3, -0.25) is 14.5 Å². The molecule has 53 heavy (non-hydrogen) atoms. The van der Waals surface area contributed by atoms with Crippen molar-refractivity contribution in [1.29, 1.82) is 0 Å². The highest BCUT2D eigenvalue weighted by molar-refractivity contribution is 5.88. The van der Waals surface area contributed by atoms with Crippen molar-refractivity contribution < 1.29 is 46.8 Å². The predicted molar refractivity (Wildman–Crippen MR) is 193 cm³/mol. The molecule has 1 aliphatic carbocycles. The Morgan fingerprint density at radius 1 is 0.943 bits per heavy atom. The first kappa shape index (κ1) is 39.3. The molecule has 1 saturated carbocycles. The number of halogens is 3. The van der Waals surface area contributed by atoms with Gasteiger partial charge in [-0.1, -0.05) is 18.2 Å². The lowest BCUT2D eigenvalue weighted by atomic mass is 9.83. The lowest BCUT2D eigenvalue weighted by Gasteiger charge is -2.39. The number of hydrogen-bond acceptors (Lipinski definition) is 8. The van der Waals surface area contributed by atoms with Gasteiger partial charge in [0.25, 0.3) is 5.91 Å². The largest absolute Gasteiger partial charge is 0.497 e. The standard InChI is InChI=1S/C40H54F3N3O7/c1-5-53-39(25-45(30-9-13-33(52-4)14-10-30)23-35(39)26-6-11-32(51-3)12-7-26)38(49)46-22-28(20-31(46)24-50-2)34-15-8-29(40(41,42)43)21-36(34)44-18-16-27(17-19-44)37(47)48/h6-8,11-12,15,21,27-28,30-31,33,35H,5,9-10,13-14,16-20,22-25H2,1-4H3,(H,47,48)/t28-,30-,31+,33-,35+,39+/m1/s1. The van der Waals surface area contributed by atoms with Crippen LogP contribution < -0.4 is 9.64 Å². The van der Waals surface area contributed by atoms with Crippen molar-refractivity contribution in [2.45, 2.75) is 93.7 Å². The molecule has 3 saturated heterocycles. The number of aliphatic carboxylic acids is 1. The minimum absolute atomic E-state index is 0.131. The van der Waals surface area contributed by atoms with Gasteiger partial charge in [0, 0.05) is 77.1 Å². The maximum atomic E-state index is 15.4. The Morgan fingerprint density at radius 2 is 1.64 bits per heavy atom. The number of rotatable bonds is 12. The molecule has 0 aromatic heterocycles. The van der Waals surface area contributed by atoms with Crippen LogP contribution in [-0.4, -0.2) is 118 Å². The van der Waals surface area contributed by atoms with Crippen LogP contribution in [0.3, 0.4) is 0 Å². The maximum absolute atomic E-state index is 15.4. The number of ether oxygens (including phenoxy) is 4. The molecule has 0 unspecified atom stereocenters. The summed E-state index contributed by atoms with van der Waals surface area (Å²) in [5.74, 6) is -1.37. The monoisotopic (exact) mass is 745 g/mol. The van der Waals surface area contributed by atoms with E-state index in [1.807, 2.05) is 41.0 Å². The van der Waals surface area contributed by atoms with E-state index in [1.54, 1.807) is 27.4 Å². The number of hydrogen-bond donors (Lipinski definition) is 1. The fraction of sp³-hybridized carbons (Fsp3) is 0.650. The molecule has 1 N–H and O–H groups in total. The number of methoxy groups -OCH3 is 3. The maximum Gasteiger partial charge on any atom is 0.416 e. The average molecular weight is 746 g/mol. The number of carboxylic acids is 1. The fourth-order valence-corrected chi connectivity index (χ4v) is 9.37. The van der Waals surface area contributed by atoms with Gasteiger partial charge >= 0.3 is 12.1 Å². The number of nitrogens with zero attached hydrogens (tertiary/aromatic N) is 3. The van der Waals surface area contributed by atoms with Crippen molar-refractivity contribution in [1.82, 2.24) is 9.80 Å². The van der Waals surface area contributed by atoms with Crippen molar-refractivity contribution in [2.24, 2.45) is 5.92 Å². The number of alkyl halides is 3. The normalized spacial score (nSPS) is 28.8. The molecular formula is C40H54F3N3O7. The molecule has 292 valence electrons. The summed E-state index contributed by atoms with van der Waals surface area (Å²) in [5.41, 5.74) is 0.203. The number of likely N-dealkylation sites (tertiary alicyclic amines) is 2. The number of carbonyl (C=O) groups excluding carboxylic acids is 1. The summed E-state index contributed by atoms with van der Waals surface area (Å²) in [4.78, 5) is 33.2. The second-order valence-corrected chi connectivity index (χ2v) is 15.1. The first-order chi connectivity index (χ1) is 25.4. The van der Waals surface area contributed by atoms with E-state index in [4.69, 9.17) is 18.9 Å². The lowest BCUT2D eigenvalue weighted by molar-refractivity contribution is -0.160. The minimum Gasteiger partial charge on any atom is -0.497 e. The summed E-state index contributed by atoms with van der Waals surface area (Å²) in [7, 11) is 4.97. The summed E-state index contributed by atoms with van der Waals surface area (Å²) in [6, 6.07) is 11.7. The SMILES string of the molecule is CCO[C@@]1(C(=O)N2C[C@H](c3ccc(C(F)(F)F)cc3N3CCC(C(=O)O)CC3)C[C@H]2COC)CN([C@H]2CC[C@H](OC)CC2)C[C@H]1c1ccc(OC)cc1. The van der Waals surface area contributed by atoms with Gasteiger partial charge in [-0.05, 0) is 87.3 Å². The van der Waals surface area contributed by atoms with Crippen LogP contribution in [0.1, 0.15) is 80.4 Å². The van der Waals surface area contributed by atoms with E-state index in [0.717, 1.165) is 48.6 Å². The van der Waals surface area contributed by atoms with Gasteiger partial charge in [-0.25, -0.2) is 0 Å². The first-order valence-electron chi connectivity index (χ1n) is 19.0. The molecule has 2 aromatic carbocycles. The molecule has 10 nitrogen and oxygen atoms in total. The zero-order chi connectivity index (χ0) is 37.9. The third-order valence-electron chi connectivity index (χ3n) is 12.2. The van der Waals surface area contributed by atoms with Crippen molar-refractivity contribution in [2.75, 3.05) is 72.2 Å². The Labute approximate surface area is 310 Å². The van der Waals surface area contributed by atoms with Crippen molar-refractivity contribution >= 4 is 17.6 Å². The first-order valence-corrected chi connectivity index (χ1v) is 19.0. The Hall–Kier alpha value is -3.39. The van der Waals surface area contributed by atoms with Gasteiger partial charge in [0.15, 0.2) is 5.60 Å². The van der Waals surface area contributed by atoms with Gasteiger partial charge in [0.2, 0.25) is 0 Å². The summed E-state index contributed by atoms with van der Waals surface area (Å²) in [6.45, 7) is 4.52. The van der Waals surface area contributed by atoms with E-state index in [9.17, 15) is 23.1 Å². The summed E-state index contributed by atoms with van der Waals surface area (Å²) in [5, 5.41) is 9.57. The van der Waals surface area contributed by atoms with E-state index < -0.39 is 29.2 Å². The molecule has 0 spiro atoms. The molecular weight excluding hydrogens is 691 g/mol. The van der Waals surface area contributed by atoms with E-state index >= 15 is 4.79 Å². The van der Waals surface area contributed by atoms with Crippen LogP contribution in [-0.2, 0) is 30.0 Å². The number of carboxylic acid groups (broad SMARTS) is 1. The van der Waals surface area contributed by atoms with Gasteiger partial charge < -0.3 is 33.9 Å². The molecule has 1 amide bonds. The second kappa shape index (κ2) is 16.5. The molecule has 0 radical (unpaired) electrons. The minimum atomic E-state index is -4.54. The zero-order valence-electron chi connectivity index (χ0n) is 31.3. The van der Waals surface area contributed by atoms with E-state index in [0.29, 0.717) is 64.3 Å². The topological polar surface area (TPSA) is 101 Å². The van der Waals surface area contributed by atoms with Crippen molar-refractivity contribution in [3.8, 4) is 5.75 Å². The summed E-state index contributed by atoms with van der Waals surface area (Å²) in [6.07, 6.45) is 0.718. The number of piperidine rings is 1. The van der Waals surface area contributed by atoms with Crippen LogP contribution in [0.25, 0.3) is 0 Å². The van der Waals surface area contributed by atoms with Crippen LogP contribution >= 0.6 is 0 Å². The third kappa shape index (κ3) is 8.18. The Balaban J connectivity index is 1.35. The van der Waals surface area contributed by atoms with Crippen LogP contribution in [0.15, 0.2) is 42.5 Å². The summed E-state index contributed by atoms with van der Waals surface area (Å²) < 4.78 is 65.7. The summed E-state index contributed by atoms with van der Waals surface area (Å²) >= 11 is 0. The number of anilines is 1. The highest BCUT2D eigenvalue weighted by Gasteiger charge is 2.58. The second-order valence-electron chi connectivity index (χ2n) is 15.1. The van der Waals surface area contributed by atoms with Crippen LogP contribution in [0.4, 0.5) is 18.9 Å². The molecule has 0 bridgehead atoms. The molecule has 4 fully saturated rings. The number of carbonyl (C=O) groups is 2. The number of benzene rings is 2. The zero-order valence-corrected chi connectivity index (χ0v) is 31.3. The van der Waals surface area contributed by atoms with E-state index in [-0.39, 0.29) is 42.5 Å². The van der Waals surface area contributed by atoms with Gasteiger partial charge in [0.1, 0.15) is 5.75 Å². The Morgan fingerprint density at radius 3 is 2.23 bits per heavy atom.